The molecule has 168 valence electrons. The molecule has 8 heteroatoms. The van der Waals surface area contributed by atoms with Crippen molar-refractivity contribution in [2.45, 2.75) is 38.4 Å². The summed E-state index contributed by atoms with van der Waals surface area (Å²) in [7, 11) is 1.59. The first-order valence-corrected chi connectivity index (χ1v) is 11.0. The zero-order valence-electron chi connectivity index (χ0n) is 18.7. The fraction of sp³-hybridized carbons (Fsp3) is 0.320. The number of hydrogen-bond acceptors (Lipinski definition) is 7. The van der Waals surface area contributed by atoms with Gasteiger partial charge in [0, 0.05) is 26.3 Å². The average molecular weight is 443 g/mol. The second-order valence-electron chi connectivity index (χ2n) is 8.04. The zero-order valence-corrected chi connectivity index (χ0v) is 18.7. The van der Waals surface area contributed by atoms with Crippen molar-refractivity contribution < 1.29 is 9.59 Å². The van der Waals surface area contributed by atoms with Crippen LogP contribution in [-0.2, 0) is 16.1 Å². The molecule has 1 aromatic rings. The average Bonchev–Trinajstić information content (AvgIpc) is 2.87. The van der Waals surface area contributed by atoms with E-state index < -0.39 is 12.1 Å². The van der Waals surface area contributed by atoms with Gasteiger partial charge >= 0.3 is 0 Å². The maximum absolute atomic E-state index is 12.7. The highest BCUT2D eigenvalue weighted by molar-refractivity contribution is 5.84. The van der Waals surface area contributed by atoms with E-state index in [0.717, 1.165) is 40.9 Å². The molecule has 0 bridgehead atoms. The van der Waals surface area contributed by atoms with Crippen molar-refractivity contribution in [1.29, 1.82) is 5.26 Å². The van der Waals surface area contributed by atoms with Gasteiger partial charge in [-0.15, -0.1) is 0 Å². The molecule has 3 aliphatic heterocycles. The van der Waals surface area contributed by atoms with E-state index in [2.05, 4.69) is 27.0 Å². The number of rotatable bonds is 4. The second-order valence-corrected chi connectivity index (χ2v) is 8.04. The molecule has 0 radical (unpaired) electrons. The van der Waals surface area contributed by atoms with E-state index in [1.54, 1.807) is 13.2 Å². The lowest BCUT2D eigenvalue weighted by molar-refractivity contribution is -0.124. The number of likely N-dealkylation sites (N-methyl/N-ethyl adjacent to an activating group) is 1. The first kappa shape index (κ1) is 22.3. The van der Waals surface area contributed by atoms with Crippen molar-refractivity contribution in [2.24, 2.45) is 0 Å². The van der Waals surface area contributed by atoms with Crippen LogP contribution < -0.4 is 16.0 Å². The van der Waals surface area contributed by atoms with Gasteiger partial charge < -0.3 is 16.0 Å². The molecule has 1 aromatic heterocycles. The summed E-state index contributed by atoms with van der Waals surface area (Å²) in [6.45, 7) is 3.12. The molecule has 4 rings (SSSR count). The molecule has 4 heterocycles. The number of pyridine rings is 1. The number of allylic oxidation sites excluding steroid dienone is 2. The standard InChI is InChI=1S/C25H26N6O2/c1-3-17-11-20-21(30-22(17)15-32)10-16(13-29-20)14-31-23(25(33)27-2)5-4-19(24(31)12-26)18-6-8-28-9-7-18/h4-6,8,10-11,13,23-24,28,30H,3,7,9,14H2,1-2H3,(H,27,33). The number of fused-ring (bicyclic) bond motifs is 1. The maximum atomic E-state index is 12.7. The fourth-order valence-electron chi connectivity index (χ4n) is 4.36. The second kappa shape index (κ2) is 9.70. The summed E-state index contributed by atoms with van der Waals surface area (Å²) in [5.74, 6) is 1.78. The van der Waals surface area contributed by atoms with Crippen LogP contribution in [0.3, 0.4) is 0 Å². The SMILES string of the molecule is CCC1=Cc2ncc(CN3C(C#N)C(=C4C=CNCC4)C=CC3C(=O)NC)cc2NC1=C=O. The fourth-order valence-corrected chi connectivity index (χ4v) is 4.36. The molecule has 0 aromatic carbocycles. The van der Waals surface area contributed by atoms with E-state index >= 15 is 0 Å². The summed E-state index contributed by atoms with van der Waals surface area (Å²) in [5.41, 5.74) is 5.54. The third-order valence-corrected chi connectivity index (χ3v) is 6.11. The van der Waals surface area contributed by atoms with Gasteiger partial charge in [-0.05, 0) is 59.5 Å². The van der Waals surface area contributed by atoms with Crippen molar-refractivity contribution in [3.63, 3.8) is 0 Å². The van der Waals surface area contributed by atoms with Gasteiger partial charge in [-0.1, -0.05) is 19.1 Å². The van der Waals surface area contributed by atoms with Crippen LogP contribution in [0.2, 0.25) is 0 Å². The Balaban J connectivity index is 1.71. The summed E-state index contributed by atoms with van der Waals surface area (Å²) in [5, 5.41) is 19.1. The Kier molecular flexibility index (Phi) is 6.55. The molecule has 0 saturated heterocycles. The molecule has 8 nitrogen and oxygen atoms in total. The molecule has 2 atom stereocenters. The van der Waals surface area contributed by atoms with E-state index in [9.17, 15) is 14.9 Å². The number of anilines is 1. The van der Waals surface area contributed by atoms with Gasteiger partial charge in [-0.25, -0.2) is 4.79 Å². The zero-order chi connectivity index (χ0) is 23.4. The van der Waals surface area contributed by atoms with E-state index in [-0.39, 0.29) is 5.91 Å². The Labute approximate surface area is 193 Å². The van der Waals surface area contributed by atoms with Gasteiger partial charge in [0.2, 0.25) is 5.91 Å². The van der Waals surface area contributed by atoms with Gasteiger partial charge in [-0.2, -0.15) is 5.26 Å². The smallest absolute Gasteiger partial charge is 0.241 e. The predicted octanol–water partition coefficient (Wildman–Crippen LogP) is 2.20. The summed E-state index contributed by atoms with van der Waals surface area (Å²) < 4.78 is 0. The number of hydrogen-bond donors (Lipinski definition) is 3. The molecule has 3 aliphatic rings. The quantitative estimate of drug-likeness (QED) is 0.613. The van der Waals surface area contributed by atoms with Crippen LogP contribution in [0.25, 0.3) is 6.08 Å². The minimum atomic E-state index is -0.587. The van der Waals surface area contributed by atoms with Crippen molar-refractivity contribution in [1.82, 2.24) is 20.5 Å². The van der Waals surface area contributed by atoms with Crippen molar-refractivity contribution in [2.75, 3.05) is 18.9 Å². The van der Waals surface area contributed by atoms with Crippen LogP contribution in [0.15, 0.2) is 59.1 Å². The lowest BCUT2D eigenvalue weighted by Gasteiger charge is -2.37. The summed E-state index contributed by atoms with van der Waals surface area (Å²) in [6, 6.07) is 3.14. The molecular weight excluding hydrogens is 416 g/mol. The van der Waals surface area contributed by atoms with E-state index in [1.165, 1.54) is 0 Å². The highest BCUT2D eigenvalue weighted by Crippen LogP contribution is 2.32. The van der Waals surface area contributed by atoms with E-state index in [4.69, 9.17) is 0 Å². The van der Waals surface area contributed by atoms with Crippen LogP contribution in [0.1, 0.15) is 31.0 Å². The minimum Gasteiger partial charge on any atom is -0.391 e. The number of nitrogens with one attached hydrogen (secondary N) is 3. The molecule has 0 aliphatic carbocycles. The van der Waals surface area contributed by atoms with Crippen molar-refractivity contribution >= 4 is 23.6 Å². The lowest BCUT2D eigenvalue weighted by atomic mass is 9.90. The summed E-state index contributed by atoms with van der Waals surface area (Å²) in [4.78, 5) is 30.5. The highest BCUT2D eigenvalue weighted by atomic mass is 16.2. The van der Waals surface area contributed by atoms with E-state index in [0.29, 0.717) is 24.4 Å². The van der Waals surface area contributed by atoms with Gasteiger partial charge in [0.1, 0.15) is 17.8 Å². The number of carbonyl (C=O) groups excluding carboxylic acids is 2. The maximum Gasteiger partial charge on any atom is 0.241 e. The first-order valence-electron chi connectivity index (χ1n) is 11.0. The Hall–Kier alpha value is -3.92. The Morgan fingerprint density at radius 1 is 1.39 bits per heavy atom. The van der Waals surface area contributed by atoms with Crippen molar-refractivity contribution in [3.05, 3.63) is 70.4 Å². The molecule has 0 saturated carbocycles. The summed E-state index contributed by atoms with van der Waals surface area (Å²) in [6.07, 6.45) is 12.8. The Bertz CT molecular complexity index is 1180. The Morgan fingerprint density at radius 2 is 2.24 bits per heavy atom. The summed E-state index contributed by atoms with van der Waals surface area (Å²) >= 11 is 0. The van der Waals surface area contributed by atoms with Crippen LogP contribution in [0.5, 0.6) is 0 Å². The monoisotopic (exact) mass is 442 g/mol. The molecule has 3 N–H and O–H groups in total. The van der Waals surface area contributed by atoms with Crippen LogP contribution >= 0.6 is 0 Å². The Morgan fingerprint density at radius 3 is 2.91 bits per heavy atom. The highest BCUT2D eigenvalue weighted by Gasteiger charge is 2.35. The van der Waals surface area contributed by atoms with E-state index in [1.807, 2.05) is 54.3 Å². The number of carbonyl (C=O) groups is 1. The molecule has 0 fully saturated rings. The van der Waals surface area contributed by atoms with Crippen molar-refractivity contribution in [3.8, 4) is 6.07 Å². The van der Waals surface area contributed by atoms with Crippen LogP contribution in [-0.4, -0.2) is 47.4 Å². The molecule has 2 unspecified atom stereocenters. The molecule has 1 amide bonds. The van der Waals surface area contributed by atoms with Gasteiger partial charge in [-0.3, -0.25) is 14.7 Å². The third kappa shape index (κ3) is 4.37. The predicted molar refractivity (Wildman–Crippen MR) is 126 cm³/mol. The third-order valence-electron chi connectivity index (χ3n) is 6.11. The molecular formula is C25H26N6O2. The first-order chi connectivity index (χ1) is 16.1. The molecule has 0 spiro atoms. The van der Waals surface area contributed by atoms with Crippen LogP contribution in [0, 0.1) is 11.3 Å². The normalized spacial score (nSPS) is 24.0. The van der Waals surface area contributed by atoms with Crippen LogP contribution in [0.4, 0.5) is 5.69 Å². The largest absolute Gasteiger partial charge is 0.391 e. The number of nitriles is 1. The molecule has 33 heavy (non-hydrogen) atoms. The van der Waals surface area contributed by atoms with Gasteiger partial charge in [0.05, 0.1) is 17.5 Å². The minimum absolute atomic E-state index is 0.179. The number of amides is 1. The number of aromatic nitrogens is 1. The topological polar surface area (TPSA) is 110 Å². The van der Waals surface area contributed by atoms with Gasteiger partial charge in [0.25, 0.3) is 0 Å². The lowest BCUT2D eigenvalue weighted by Crippen LogP contribution is -2.51. The van der Waals surface area contributed by atoms with Gasteiger partial charge in [0.15, 0.2) is 5.94 Å². The number of nitrogens with zero attached hydrogens (tertiary/aromatic N) is 3.